The molecule has 0 bridgehead atoms. The third-order valence-electron chi connectivity index (χ3n) is 3.03. The van der Waals surface area contributed by atoms with E-state index in [0.29, 0.717) is 11.9 Å². The summed E-state index contributed by atoms with van der Waals surface area (Å²) in [5.41, 5.74) is -0.0851. The van der Waals surface area contributed by atoms with Crippen LogP contribution in [0.1, 0.15) is 18.7 Å². The Hall–Kier alpha value is -1.36. The lowest BCUT2D eigenvalue weighted by molar-refractivity contribution is 0.443. The number of piperidine rings is 1. The Kier molecular flexibility index (Phi) is 3.24. The molecular formula is C11H18N4O. The molecule has 88 valence electrons. The number of nitrogens with zero attached hydrogens (tertiary/aromatic N) is 2. The topological polar surface area (TPSA) is 61.0 Å². The maximum atomic E-state index is 11.4. The zero-order valence-corrected chi connectivity index (χ0v) is 9.79. The first-order valence-electron chi connectivity index (χ1n) is 5.68. The Morgan fingerprint density at radius 2 is 2.38 bits per heavy atom. The van der Waals surface area contributed by atoms with Gasteiger partial charge in [0.2, 0.25) is 0 Å². The average molecular weight is 222 g/mol. The van der Waals surface area contributed by atoms with Crippen LogP contribution in [-0.2, 0) is 0 Å². The first-order valence-corrected chi connectivity index (χ1v) is 5.68. The van der Waals surface area contributed by atoms with Gasteiger partial charge in [-0.1, -0.05) is 0 Å². The Balaban J connectivity index is 2.18. The van der Waals surface area contributed by atoms with E-state index in [1.807, 2.05) is 7.05 Å². The van der Waals surface area contributed by atoms with Gasteiger partial charge in [-0.25, -0.2) is 4.98 Å². The minimum absolute atomic E-state index is 0.0851. The number of likely N-dealkylation sites (N-methyl/N-ethyl adjacent to an activating group) is 1. The highest BCUT2D eigenvalue weighted by Crippen LogP contribution is 2.14. The number of hydrogen-bond acceptors (Lipinski definition) is 4. The molecule has 2 heterocycles. The Morgan fingerprint density at radius 1 is 1.56 bits per heavy atom. The number of aromatic nitrogens is 2. The van der Waals surface area contributed by atoms with Crippen LogP contribution in [-0.4, -0.2) is 36.1 Å². The maximum absolute atomic E-state index is 11.4. The fourth-order valence-electron chi connectivity index (χ4n) is 2.10. The van der Waals surface area contributed by atoms with Crippen molar-refractivity contribution in [2.45, 2.75) is 25.8 Å². The van der Waals surface area contributed by atoms with Crippen molar-refractivity contribution in [1.29, 1.82) is 0 Å². The number of hydrogen-bond donors (Lipinski definition) is 2. The van der Waals surface area contributed by atoms with E-state index in [1.165, 1.54) is 6.42 Å². The van der Waals surface area contributed by atoms with E-state index in [9.17, 15) is 4.79 Å². The van der Waals surface area contributed by atoms with Crippen molar-refractivity contribution in [2.24, 2.45) is 0 Å². The Morgan fingerprint density at radius 3 is 3.00 bits per heavy atom. The number of aryl methyl sites for hydroxylation is 1. The van der Waals surface area contributed by atoms with Gasteiger partial charge < -0.3 is 15.2 Å². The van der Waals surface area contributed by atoms with E-state index < -0.39 is 0 Å². The summed E-state index contributed by atoms with van der Waals surface area (Å²) in [4.78, 5) is 20.5. The molecule has 0 radical (unpaired) electrons. The number of anilines is 1. The molecule has 1 aromatic heterocycles. The number of aromatic amines is 1. The van der Waals surface area contributed by atoms with Crippen LogP contribution in [0.15, 0.2) is 10.9 Å². The van der Waals surface area contributed by atoms with Crippen molar-refractivity contribution in [3.63, 3.8) is 0 Å². The Bertz CT molecular complexity index is 409. The molecule has 1 unspecified atom stereocenters. The highest BCUT2D eigenvalue weighted by Gasteiger charge is 2.19. The van der Waals surface area contributed by atoms with Gasteiger partial charge in [0.05, 0.1) is 0 Å². The molecule has 0 spiro atoms. The number of nitrogens with one attached hydrogen (secondary N) is 2. The van der Waals surface area contributed by atoms with Crippen LogP contribution < -0.4 is 15.8 Å². The summed E-state index contributed by atoms with van der Waals surface area (Å²) in [5, 5.41) is 3.36. The van der Waals surface area contributed by atoms with E-state index in [1.54, 1.807) is 13.0 Å². The summed E-state index contributed by atoms with van der Waals surface area (Å²) in [6.07, 6.45) is 2.33. The van der Waals surface area contributed by atoms with Crippen molar-refractivity contribution in [3.8, 4) is 0 Å². The molecule has 2 rings (SSSR count). The normalized spacial score (nSPS) is 20.8. The van der Waals surface area contributed by atoms with Gasteiger partial charge in [-0.3, -0.25) is 4.79 Å². The van der Waals surface area contributed by atoms with Crippen LogP contribution in [0, 0.1) is 6.92 Å². The lowest BCUT2D eigenvalue weighted by Gasteiger charge is -2.32. The molecule has 1 aromatic rings. The summed E-state index contributed by atoms with van der Waals surface area (Å²) in [5.74, 6) is 1.42. The monoisotopic (exact) mass is 222 g/mol. The summed E-state index contributed by atoms with van der Waals surface area (Å²) in [6, 6.07) is 1.99. The van der Waals surface area contributed by atoms with E-state index in [4.69, 9.17) is 0 Å². The summed E-state index contributed by atoms with van der Waals surface area (Å²) in [6.45, 7) is 3.86. The molecular weight excluding hydrogens is 204 g/mol. The second-order valence-corrected chi connectivity index (χ2v) is 4.30. The van der Waals surface area contributed by atoms with Crippen molar-refractivity contribution in [1.82, 2.24) is 15.3 Å². The standard InChI is InChI=1S/C11H18N4O/c1-8-13-10(6-11(16)14-8)15(2)9-4-3-5-12-7-9/h6,9,12H,3-5,7H2,1-2H3,(H,13,14,16). The van der Waals surface area contributed by atoms with Gasteiger partial charge in [0.15, 0.2) is 0 Å². The van der Waals surface area contributed by atoms with Gasteiger partial charge in [-0.15, -0.1) is 0 Å². The molecule has 2 N–H and O–H groups in total. The average Bonchev–Trinajstić information content (AvgIpc) is 2.28. The quantitative estimate of drug-likeness (QED) is 0.754. The zero-order chi connectivity index (χ0) is 11.5. The number of rotatable bonds is 2. The molecule has 1 aliphatic rings. The second-order valence-electron chi connectivity index (χ2n) is 4.30. The van der Waals surface area contributed by atoms with E-state index in [0.717, 1.165) is 25.3 Å². The van der Waals surface area contributed by atoms with Gasteiger partial charge in [0, 0.05) is 25.7 Å². The number of H-pyrrole nitrogens is 1. The third kappa shape index (κ3) is 2.41. The zero-order valence-electron chi connectivity index (χ0n) is 9.79. The van der Waals surface area contributed by atoms with Gasteiger partial charge in [0.1, 0.15) is 11.6 Å². The molecule has 5 nitrogen and oxygen atoms in total. The van der Waals surface area contributed by atoms with Crippen molar-refractivity contribution >= 4 is 5.82 Å². The fraction of sp³-hybridized carbons (Fsp3) is 0.636. The minimum Gasteiger partial charge on any atom is -0.355 e. The third-order valence-corrected chi connectivity index (χ3v) is 3.03. The molecule has 1 atom stereocenters. The molecule has 16 heavy (non-hydrogen) atoms. The van der Waals surface area contributed by atoms with Gasteiger partial charge in [-0.05, 0) is 26.3 Å². The van der Waals surface area contributed by atoms with E-state index >= 15 is 0 Å². The van der Waals surface area contributed by atoms with Gasteiger partial charge in [-0.2, -0.15) is 0 Å². The van der Waals surface area contributed by atoms with Crippen LogP contribution in [0.25, 0.3) is 0 Å². The second kappa shape index (κ2) is 4.65. The highest BCUT2D eigenvalue weighted by molar-refractivity contribution is 5.37. The van der Waals surface area contributed by atoms with Gasteiger partial charge in [0.25, 0.3) is 5.56 Å². The Labute approximate surface area is 94.9 Å². The van der Waals surface area contributed by atoms with Crippen molar-refractivity contribution in [2.75, 3.05) is 25.0 Å². The fourth-order valence-corrected chi connectivity index (χ4v) is 2.10. The summed E-state index contributed by atoms with van der Waals surface area (Å²) in [7, 11) is 2.00. The molecule has 0 saturated carbocycles. The lowest BCUT2D eigenvalue weighted by Crippen LogP contribution is -2.44. The SMILES string of the molecule is Cc1nc(N(C)C2CCCNC2)cc(=O)[nH]1. The van der Waals surface area contributed by atoms with Crippen molar-refractivity contribution in [3.05, 3.63) is 22.2 Å². The molecule has 1 fully saturated rings. The largest absolute Gasteiger partial charge is 0.355 e. The predicted molar refractivity (Wildman–Crippen MR) is 63.9 cm³/mol. The van der Waals surface area contributed by atoms with Crippen molar-refractivity contribution < 1.29 is 0 Å². The van der Waals surface area contributed by atoms with Crippen LogP contribution in [0.3, 0.4) is 0 Å². The first-order chi connectivity index (χ1) is 7.66. The lowest BCUT2D eigenvalue weighted by atomic mass is 10.1. The smallest absolute Gasteiger partial charge is 0.252 e. The first kappa shape index (κ1) is 11.1. The molecule has 1 saturated heterocycles. The van der Waals surface area contributed by atoms with Gasteiger partial charge >= 0.3 is 0 Å². The molecule has 0 amide bonds. The van der Waals surface area contributed by atoms with E-state index in [-0.39, 0.29) is 5.56 Å². The highest BCUT2D eigenvalue weighted by atomic mass is 16.1. The summed E-state index contributed by atoms with van der Waals surface area (Å²) < 4.78 is 0. The molecule has 5 heteroatoms. The minimum atomic E-state index is -0.0851. The van der Waals surface area contributed by atoms with E-state index in [2.05, 4.69) is 20.2 Å². The van der Waals surface area contributed by atoms with Crippen LogP contribution in [0.4, 0.5) is 5.82 Å². The summed E-state index contributed by atoms with van der Waals surface area (Å²) >= 11 is 0. The molecule has 0 aliphatic carbocycles. The van der Waals surface area contributed by atoms with Crippen LogP contribution >= 0.6 is 0 Å². The van der Waals surface area contributed by atoms with Crippen LogP contribution in [0.2, 0.25) is 0 Å². The maximum Gasteiger partial charge on any atom is 0.252 e. The predicted octanol–water partition coefficient (Wildman–Crippen LogP) is 0.267. The molecule has 1 aliphatic heterocycles. The molecule has 0 aromatic carbocycles. The van der Waals surface area contributed by atoms with Crippen LogP contribution in [0.5, 0.6) is 0 Å².